The summed E-state index contributed by atoms with van der Waals surface area (Å²) < 4.78 is 61.4. The molecule has 0 fully saturated rings. The van der Waals surface area contributed by atoms with E-state index in [9.17, 15) is 43.5 Å². The van der Waals surface area contributed by atoms with Crippen molar-refractivity contribution in [3.8, 4) is 0 Å². The standard InChI is InChI=1S/C101H168O16P2/c1-4-7-10-13-16-19-22-25-28-31-34-37-39-41-43-45-46-47-48-50-52-53-55-58-60-63-66-69-72-75-78-81-84-87-99(104)111-90-96(102)91-113-118(107,108)114-92-97(103)93-115-119(109,110)116-95-98(117-101(106)89-86-83-80-77-74-71-68-65-62-57-36-33-30-27-24-21-18-15-12-9-6-3)94-112-100(105)88-85-82-79-76-73-70-67-64-61-59-56-54-51-49-44-42-40-38-35-32-29-26-23-20-17-14-11-8-5-2/h7-12,16-21,25-30,34-38,41-44,57,65,68,74,77,96-98,102-103H,4-6,13-15,22-24,31-33,39-40,45-56,58-64,66-67,69-73,75-76,78-95H2,1-3H3,(H,107,108)(H,109,110)/b10-7-,11-8-,12-9-,19-16-,20-17-,21-18-,28-25-,29-26-,30-27-,37-34-,38-35-,43-41-,44-42-,57-36-,68-65-,77-74-. The van der Waals surface area contributed by atoms with Crippen LogP contribution in [-0.2, 0) is 55.8 Å². The van der Waals surface area contributed by atoms with Crippen molar-refractivity contribution < 1.29 is 75.8 Å². The molecule has 0 spiro atoms. The van der Waals surface area contributed by atoms with E-state index < -0.39 is 91.5 Å². The molecule has 0 saturated heterocycles. The van der Waals surface area contributed by atoms with E-state index in [-0.39, 0.29) is 19.3 Å². The van der Waals surface area contributed by atoms with Crippen LogP contribution in [0, 0.1) is 0 Å². The molecule has 0 aliphatic rings. The summed E-state index contributed by atoms with van der Waals surface area (Å²) in [5.74, 6) is -1.63. The van der Waals surface area contributed by atoms with Gasteiger partial charge in [0.1, 0.15) is 25.4 Å². The fraction of sp³-hybridized carbons (Fsp3) is 0.653. The second-order valence-electron chi connectivity index (χ2n) is 30.7. The molecule has 0 aliphatic carbocycles. The molecule has 5 atom stereocenters. The molecule has 4 N–H and O–H groups in total. The number of allylic oxidation sites excluding steroid dienone is 32. The lowest BCUT2D eigenvalue weighted by Crippen LogP contribution is -2.30. The Morgan fingerprint density at radius 1 is 0.235 bits per heavy atom. The number of aliphatic hydroxyl groups excluding tert-OH is 2. The SMILES string of the molecule is CC/C=C\C/C=C\C/C=C\C/C=C\C/C=C\C/C=C\CCCCC(=O)OC(COC(=O)CCCCCCCCCCCCCCC/C=C\C/C=C\C/C=C\C/C=C\C/C=C\CC)COP(=O)(O)OCC(O)COP(=O)(O)OCC(O)COC(=O)CCCCCCCCCCCCCCCCCCC/C=C\C/C=C\C/C=C\C/C=C\C/C=C\CC. The lowest BCUT2D eigenvalue weighted by atomic mass is 10.0. The molecule has 0 aromatic heterocycles. The fourth-order valence-electron chi connectivity index (χ4n) is 12.3. The molecule has 0 saturated carbocycles. The van der Waals surface area contributed by atoms with Gasteiger partial charge in [-0.15, -0.1) is 0 Å². The minimum Gasteiger partial charge on any atom is -0.463 e. The highest BCUT2D eigenvalue weighted by atomic mass is 31.2. The molecule has 0 heterocycles. The van der Waals surface area contributed by atoms with E-state index in [1.54, 1.807) is 0 Å². The molecule has 0 rings (SSSR count). The Kier molecular flexibility index (Phi) is 87.3. The molecule has 0 aromatic rings. The summed E-state index contributed by atoms with van der Waals surface area (Å²) in [4.78, 5) is 59.0. The van der Waals surface area contributed by atoms with Crippen LogP contribution in [0.1, 0.15) is 367 Å². The number of carbonyl (C=O) groups excluding carboxylic acids is 3. The van der Waals surface area contributed by atoms with Crippen LogP contribution in [0.3, 0.4) is 0 Å². The minimum absolute atomic E-state index is 0.0438. The average molecular weight is 1700 g/mol. The van der Waals surface area contributed by atoms with Gasteiger partial charge < -0.3 is 34.2 Å². The summed E-state index contributed by atoms with van der Waals surface area (Å²) in [5.41, 5.74) is 0. The van der Waals surface area contributed by atoms with Crippen molar-refractivity contribution in [3.63, 3.8) is 0 Å². The fourth-order valence-corrected chi connectivity index (χ4v) is 13.9. The summed E-state index contributed by atoms with van der Waals surface area (Å²) in [7, 11) is -9.83. The lowest BCUT2D eigenvalue weighted by Gasteiger charge is -2.21. The van der Waals surface area contributed by atoms with Gasteiger partial charge in [0.05, 0.1) is 26.4 Å². The van der Waals surface area contributed by atoms with Crippen LogP contribution in [0.25, 0.3) is 0 Å². The van der Waals surface area contributed by atoms with Crippen molar-refractivity contribution in [1.29, 1.82) is 0 Å². The molecule has 0 bridgehead atoms. The lowest BCUT2D eigenvalue weighted by molar-refractivity contribution is -0.161. The highest BCUT2D eigenvalue weighted by Gasteiger charge is 2.29. The first-order valence-electron chi connectivity index (χ1n) is 46.7. The van der Waals surface area contributed by atoms with Crippen molar-refractivity contribution >= 4 is 33.6 Å². The minimum atomic E-state index is -4.96. The zero-order valence-corrected chi connectivity index (χ0v) is 76.5. The average Bonchev–Trinajstić information content (AvgIpc) is 0.902. The van der Waals surface area contributed by atoms with E-state index in [0.717, 1.165) is 161 Å². The predicted octanol–water partition coefficient (Wildman–Crippen LogP) is 29.0. The Morgan fingerprint density at radius 2 is 0.420 bits per heavy atom. The molecule has 0 amide bonds. The van der Waals surface area contributed by atoms with E-state index in [4.69, 9.17) is 32.3 Å². The Balaban J connectivity index is 4.59. The van der Waals surface area contributed by atoms with Gasteiger partial charge in [-0.1, -0.05) is 382 Å². The van der Waals surface area contributed by atoms with Crippen molar-refractivity contribution in [3.05, 3.63) is 194 Å². The monoisotopic (exact) mass is 1700 g/mol. The van der Waals surface area contributed by atoms with Crippen molar-refractivity contribution in [1.82, 2.24) is 0 Å². The Morgan fingerprint density at radius 3 is 0.681 bits per heavy atom. The van der Waals surface area contributed by atoms with Gasteiger partial charge >= 0.3 is 33.6 Å². The first-order valence-corrected chi connectivity index (χ1v) is 49.7. The normalized spacial score (nSPS) is 14.6. The summed E-state index contributed by atoms with van der Waals surface area (Å²) in [6.45, 7) is 2.32. The third-order valence-electron chi connectivity index (χ3n) is 19.3. The molecule has 16 nitrogen and oxygen atoms in total. The molecule has 0 radical (unpaired) electrons. The molecular weight excluding hydrogens is 1530 g/mol. The summed E-state index contributed by atoms with van der Waals surface area (Å²) in [5, 5.41) is 20.7. The third-order valence-corrected chi connectivity index (χ3v) is 21.2. The van der Waals surface area contributed by atoms with Crippen molar-refractivity contribution in [2.75, 3.05) is 39.6 Å². The summed E-state index contributed by atoms with van der Waals surface area (Å²) in [6.07, 6.45) is 122. The van der Waals surface area contributed by atoms with E-state index in [0.29, 0.717) is 25.7 Å². The number of esters is 3. The number of aliphatic hydroxyl groups is 2. The van der Waals surface area contributed by atoms with Gasteiger partial charge in [0.15, 0.2) is 6.10 Å². The number of hydrogen-bond acceptors (Lipinski definition) is 14. The van der Waals surface area contributed by atoms with Crippen LogP contribution in [0.5, 0.6) is 0 Å². The highest BCUT2D eigenvalue weighted by molar-refractivity contribution is 7.47. The zero-order valence-electron chi connectivity index (χ0n) is 74.7. The first-order chi connectivity index (χ1) is 58.2. The van der Waals surface area contributed by atoms with Gasteiger partial charge in [-0.3, -0.25) is 32.5 Å². The Labute approximate surface area is 725 Å². The topological polar surface area (TPSA) is 231 Å². The highest BCUT2D eigenvalue weighted by Crippen LogP contribution is 2.45. The largest absolute Gasteiger partial charge is 0.472 e. The van der Waals surface area contributed by atoms with Gasteiger partial charge in [0, 0.05) is 19.3 Å². The number of ether oxygens (including phenoxy) is 3. The Hall–Kier alpha value is -5.61. The van der Waals surface area contributed by atoms with Crippen molar-refractivity contribution in [2.24, 2.45) is 0 Å². The maximum absolute atomic E-state index is 13.0. The van der Waals surface area contributed by atoms with Crippen molar-refractivity contribution in [2.45, 2.75) is 386 Å². The number of phosphoric ester groups is 2. The van der Waals surface area contributed by atoms with Crippen LogP contribution in [0.2, 0.25) is 0 Å². The third kappa shape index (κ3) is 92.9. The Bertz CT molecular complexity index is 2940. The number of hydrogen-bond donors (Lipinski definition) is 4. The van der Waals surface area contributed by atoms with Gasteiger partial charge in [0.25, 0.3) is 0 Å². The molecule has 678 valence electrons. The van der Waals surface area contributed by atoms with E-state index in [2.05, 4.69) is 215 Å². The molecule has 0 aliphatic heterocycles. The quantitative estimate of drug-likeness (QED) is 0.0146. The number of rotatable bonds is 87. The van der Waals surface area contributed by atoms with E-state index in [1.165, 1.54) is 141 Å². The second kappa shape index (κ2) is 91.6. The van der Waals surface area contributed by atoms with Crippen LogP contribution in [0.4, 0.5) is 0 Å². The maximum Gasteiger partial charge on any atom is 0.472 e. The smallest absolute Gasteiger partial charge is 0.463 e. The van der Waals surface area contributed by atoms with Gasteiger partial charge in [-0.05, 0) is 161 Å². The van der Waals surface area contributed by atoms with Crippen LogP contribution >= 0.6 is 15.6 Å². The summed E-state index contributed by atoms with van der Waals surface area (Å²) in [6, 6.07) is 0. The van der Waals surface area contributed by atoms with Gasteiger partial charge in [0.2, 0.25) is 0 Å². The van der Waals surface area contributed by atoms with Crippen LogP contribution < -0.4 is 0 Å². The maximum atomic E-state index is 13.0. The summed E-state index contributed by atoms with van der Waals surface area (Å²) >= 11 is 0. The van der Waals surface area contributed by atoms with E-state index >= 15 is 0 Å². The van der Waals surface area contributed by atoms with Crippen LogP contribution in [-0.4, -0.2) is 95.9 Å². The zero-order chi connectivity index (χ0) is 86.5. The van der Waals surface area contributed by atoms with E-state index in [1.807, 2.05) is 0 Å². The molecule has 5 unspecified atom stereocenters. The van der Waals surface area contributed by atoms with Gasteiger partial charge in [-0.2, -0.15) is 0 Å². The molecular formula is C101H168O16P2. The number of carbonyl (C=O) groups is 3. The molecule has 18 heteroatoms. The number of unbranched alkanes of at least 4 members (excludes halogenated alkanes) is 32. The van der Waals surface area contributed by atoms with Gasteiger partial charge in [-0.25, -0.2) is 9.13 Å². The second-order valence-corrected chi connectivity index (χ2v) is 33.6. The molecule has 119 heavy (non-hydrogen) atoms. The molecule has 0 aromatic carbocycles. The predicted molar refractivity (Wildman–Crippen MR) is 500 cm³/mol. The van der Waals surface area contributed by atoms with Crippen LogP contribution in [0.15, 0.2) is 194 Å². The first kappa shape index (κ1) is 113. The number of phosphoric acid groups is 2.